The largest absolute Gasteiger partial charge is 0.507 e. The Kier molecular flexibility index (Phi) is 5.80. The number of hydrogen-bond donors (Lipinski definition) is 1. The average molecular weight is 1100 g/mol. The van der Waals surface area contributed by atoms with Crippen LogP contribution in [0.4, 0.5) is 0 Å². The molecule has 0 bridgehead atoms. The van der Waals surface area contributed by atoms with Crippen LogP contribution in [0.25, 0.3) is 72.7 Å². The molecular weight excluding hydrogens is 998 g/mol. The average Bonchev–Trinajstić information content (AvgIpc) is 1.10. The van der Waals surface area contributed by atoms with Crippen molar-refractivity contribution in [2.75, 3.05) is 0 Å². The number of rotatable bonds is 6. The van der Waals surface area contributed by atoms with Crippen LogP contribution in [-0.4, -0.2) is 19.6 Å². The van der Waals surface area contributed by atoms with Gasteiger partial charge in [0.1, 0.15) is 11.6 Å². The zero-order valence-electron chi connectivity index (χ0n) is 71.3. The third-order valence-electron chi connectivity index (χ3n) is 11.2. The van der Waals surface area contributed by atoms with Gasteiger partial charge in [0.05, 0.1) is 31.9 Å². The van der Waals surface area contributed by atoms with Crippen molar-refractivity contribution in [3.05, 3.63) is 167 Å². The molecule has 4 nitrogen and oxygen atoms in total. The molecule has 6 aromatic carbocycles. The summed E-state index contributed by atoms with van der Waals surface area (Å²) in [5, 5.41) is 13.2. The third-order valence-corrected chi connectivity index (χ3v) is 11.2. The molecule has 67 heavy (non-hydrogen) atoms. The van der Waals surface area contributed by atoms with Crippen LogP contribution in [0.15, 0.2) is 133 Å². The zero-order chi connectivity index (χ0) is 76.3. The van der Waals surface area contributed by atoms with E-state index in [1.807, 2.05) is 20.8 Å². The number of fused-ring (bicyclic) bond motifs is 1. The fourth-order valence-corrected chi connectivity index (χ4v) is 7.57. The minimum Gasteiger partial charge on any atom is -0.507 e. The first-order valence-corrected chi connectivity index (χ1v) is 20.7. The molecule has 2 aromatic heterocycles. The number of para-hydroxylation sites is 1. The van der Waals surface area contributed by atoms with Gasteiger partial charge in [0.15, 0.2) is 0 Å². The summed E-state index contributed by atoms with van der Waals surface area (Å²) in [5.74, 6) is -2.18. The minimum absolute atomic E-state index is 0. The Morgan fingerprint density at radius 3 is 1.84 bits per heavy atom. The van der Waals surface area contributed by atoms with Gasteiger partial charge in [-0.25, -0.2) is 4.98 Å². The summed E-state index contributed by atoms with van der Waals surface area (Å²) < 4.78 is 299. The van der Waals surface area contributed by atoms with Crippen molar-refractivity contribution in [1.82, 2.24) is 14.5 Å². The summed E-state index contributed by atoms with van der Waals surface area (Å²) in [6.45, 7) is -26.6. The predicted octanol–water partition coefficient (Wildman–Crippen LogP) is 16.7. The molecule has 0 spiro atoms. The van der Waals surface area contributed by atoms with E-state index >= 15 is 0 Å². The number of aromatic nitrogens is 3. The summed E-state index contributed by atoms with van der Waals surface area (Å²) in [4.78, 5) is 9.34. The Balaban J connectivity index is 0.0000143. The second-order valence-electron chi connectivity index (χ2n) is 18.4. The molecule has 348 valence electrons. The summed E-state index contributed by atoms with van der Waals surface area (Å²) in [7, 11) is 0. The SMILES string of the molecule is [2H]c1nc(-c2[c-]c(-c3cccc4c3nc(-c3cc(C(C([2H])([2H])[2H])(C([2H])([2H])[2H])C([2H])([2H])[2H])cc(C(C([2H])([2H])[2H])(C([2H])([2H])[2H])C([2H])([2H])[2H])c3O)n4-c3ccc(C(C)(C)C)cc3-c3ccccc3)cc(C(C)(C)C)c2)c([2H])c(-c2c([2H])c([2H])c(C(C([2H])([2H])[2H])(C([2H])([2H])[2H])C([2H])([2H])[2H])c([2H])c2[2H])c1[2H].[Pt]. The van der Waals surface area contributed by atoms with Gasteiger partial charge in [0.2, 0.25) is 0 Å². The molecular formula is C62H68N3OPt-. The molecule has 8 rings (SSSR count). The molecule has 5 heteroatoms. The van der Waals surface area contributed by atoms with E-state index in [4.69, 9.17) is 47.5 Å². The fourth-order valence-electron chi connectivity index (χ4n) is 7.57. The Hall–Kier alpha value is -5.57. The second-order valence-corrected chi connectivity index (χ2v) is 18.4. The van der Waals surface area contributed by atoms with Crippen LogP contribution < -0.4 is 0 Å². The van der Waals surface area contributed by atoms with E-state index in [-0.39, 0.29) is 60.5 Å². The van der Waals surface area contributed by atoms with Crippen molar-refractivity contribution in [2.24, 2.45) is 0 Å². The number of pyridine rings is 1. The summed E-state index contributed by atoms with van der Waals surface area (Å²) >= 11 is 0. The van der Waals surface area contributed by atoms with Crippen LogP contribution in [0.5, 0.6) is 5.75 Å². The number of hydrogen-bond acceptors (Lipinski definition) is 3. The van der Waals surface area contributed by atoms with Crippen molar-refractivity contribution < 1.29 is 72.8 Å². The topological polar surface area (TPSA) is 50.9 Å². The maximum atomic E-state index is 13.2. The molecule has 0 atom stereocenters. The van der Waals surface area contributed by atoms with E-state index in [0.29, 0.717) is 22.8 Å². The molecule has 0 saturated carbocycles. The van der Waals surface area contributed by atoms with E-state index in [1.54, 1.807) is 75.4 Å². The Labute approximate surface area is 463 Å². The van der Waals surface area contributed by atoms with Crippen molar-refractivity contribution in [2.45, 2.75) is 130 Å². The molecule has 0 amide bonds. The number of benzene rings is 6. The number of phenolic OH excluding ortho intramolecular Hbond substituents is 1. The molecule has 0 saturated heterocycles. The van der Waals surface area contributed by atoms with Crippen LogP contribution >= 0.6 is 0 Å². The van der Waals surface area contributed by atoms with Gasteiger partial charge in [-0.05, 0) is 90.8 Å². The number of nitrogens with zero attached hydrogens (tertiary/aromatic N) is 3. The molecule has 1 N–H and O–H groups in total. The van der Waals surface area contributed by atoms with E-state index in [0.717, 1.165) is 5.56 Å². The number of imidazole rings is 1. The van der Waals surface area contributed by atoms with Gasteiger partial charge < -0.3 is 5.11 Å². The number of phenols is 1. The van der Waals surface area contributed by atoms with E-state index < -0.39 is 182 Å². The molecule has 2 heterocycles. The van der Waals surface area contributed by atoms with E-state index in [2.05, 4.69) is 11.1 Å². The van der Waals surface area contributed by atoms with Crippen LogP contribution in [0, 0.1) is 6.07 Å². The summed E-state index contributed by atoms with van der Waals surface area (Å²) in [6, 6.07) is 17.7. The quantitative estimate of drug-likeness (QED) is 0.169. The van der Waals surface area contributed by atoms with Crippen LogP contribution in [0.2, 0.25) is 0 Å². The predicted molar refractivity (Wildman–Crippen MR) is 280 cm³/mol. The first kappa shape index (κ1) is 21.8. The first-order chi connectivity index (χ1) is 45.0. The van der Waals surface area contributed by atoms with Gasteiger partial charge in [-0.15, -0.1) is 29.3 Å². The zero-order valence-corrected chi connectivity index (χ0v) is 39.5. The van der Waals surface area contributed by atoms with Crippen molar-refractivity contribution >= 4 is 11.0 Å². The van der Waals surface area contributed by atoms with Crippen molar-refractivity contribution in [3.8, 4) is 67.5 Å². The molecule has 0 unspecified atom stereocenters. The smallest absolute Gasteiger partial charge is 0.148 e. The maximum absolute atomic E-state index is 13.2. The monoisotopic (exact) mass is 1100 g/mol. The van der Waals surface area contributed by atoms with Gasteiger partial charge >= 0.3 is 0 Å². The molecule has 8 aromatic rings. The second kappa shape index (κ2) is 17.8. The van der Waals surface area contributed by atoms with E-state index in [9.17, 15) is 9.22 Å². The van der Waals surface area contributed by atoms with Gasteiger partial charge in [-0.2, -0.15) is 0 Å². The maximum Gasteiger partial charge on any atom is 0.148 e. The fraction of sp³-hybridized carbons (Fsp3) is 0.323. The molecule has 0 radical (unpaired) electrons. The van der Waals surface area contributed by atoms with Crippen LogP contribution in [-0.2, 0) is 48.1 Å². The molecule has 0 fully saturated rings. The summed E-state index contributed by atoms with van der Waals surface area (Å²) in [6.07, 6.45) is -0.961. The van der Waals surface area contributed by atoms with Crippen molar-refractivity contribution in [1.29, 1.82) is 0 Å². The van der Waals surface area contributed by atoms with Crippen LogP contribution in [0.3, 0.4) is 0 Å². The first-order valence-electron chi connectivity index (χ1n) is 37.7. The minimum atomic E-state index is -4.30. The van der Waals surface area contributed by atoms with Gasteiger partial charge in [-0.1, -0.05) is 199 Å². The normalized spacial score (nSPS) is 21.8. The molecule has 0 aliphatic carbocycles. The Bertz CT molecular complexity index is 4390. The summed E-state index contributed by atoms with van der Waals surface area (Å²) in [5.41, 5.74) is -20.1. The Morgan fingerprint density at radius 2 is 1.18 bits per heavy atom. The standard InChI is InChI=1S/C62H68N3O.Pt/c1-58(2,3)44-26-24-39(25-27-44)41-30-31-63-52(35-41)43-32-42(33-46(34-43)60(7,8)9)48-22-19-23-54-55(48)64-57(50-37-47(61(10,11)12)38-51(56(50)66)62(13,14)15)65(54)53-29-28-45(59(4,5)6)36-49(53)40-20-17-16-18-21-40;/h16-31,33-38,66H,1-15H3;/q-1;/i1D3,2D3,3D3,10D3,11D3,12D3,13D3,14D3,15D3,24D,25D,26D,27D,30D,31D,35D;. The van der Waals surface area contributed by atoms with Crippen LogP contribution in [0.1, 0.15) is 178 Å². The van der Waals surface area contributed by atoms with Gasteiger partial charge in [0.25, 0.3) is 0 Å². The molecule has 0 aliphatic heterocycles. The van der Waals surface area contributed by atoms with Gasteiger partial charge in [-0.3, -0.25) is 9.55 Å². The van der Waals surface area contributed by atoms with E-state index in [1.165, 1.54) is 28.8 Å². The number of aromatic hydroxyl groups is 1. The Morgan fingerprint density at radius 1 is 0.552 bits per heavy atom. The van der Waals surface area contributed by atoms with Gasteiger partial charge in [0, 0.05) is 81.1 Å². The molecule has 0 aliphatic rings. The van der Waals surface area contributed by atoms with Crippen molar-refractivity contribution in [3.63, 3.8) is 0 Å². The third kappa shape index (κ3) is 10.0.